The van der Waals surface area contributed by atoms with Crippen LogP contribution in [0.15, 0.2) is 58.5 Å². The summed E-state index contributed by atoms with van der Waals surface area (Å²) in [4.78, 5) is 24.7. The first-order valence-electron chi connectivity index (χ1n) is 10.3. The number of nitrogens with zero attached hydrogens (tertiary/aromatic N) is 3. The number of methoxy groups -OCH3 is 1. The van der Waals surface area contributed by atoms with Crippen LogP contribution in [0.5, 0.6) is 5.75 Å². The summed E-state index contributed by atoms with van der Waals surface area (Å²) in [5, 5.41) is 4.45. The molecule has 2 amide bonds. The quantitative estimate of drug-likeness (QED) is 0.676. The number of aliphatic imine (C=N–C) groups is 2. The third kappa shape index (κ3) is 4.72. The van der Waals surface area contributed by atoms with Gasteiger partial charge in [0.1, 0.15) is 10.8 Å². The van der Waals surface area contributed by atoms with Crippen LogP contribution in [0.4, 0.5) is 10.5 Å². The number of nitrogens with one attached hydrogen (secondary N) is 1. The minimum atomic E-state index is -0.479. The summed E-state index contributed by atoms with van der Waals surface area (Å²) < 4.78 is 5.32. The number of piperidine rings is 1. The van der Waals surface area contributed by atoms with Gasteiger partial charge in [0.25, 0.3) is 0 Å². The Balaban J connectivity index is 1.47. The Kier molecular flexibility index (Phi) is 6.53. The smallest absolute Gasteiger partial charge is 0.321 e. The molecule has 2 aromatic rings. The van der Waals surface area contributed by atoms with Crippen molar-refractivity contribution in [2.45, 2.75) is 25.4 Å². The van der Waals surface area contributed by atoms with Gasteiger partial charge in [-0.2, -0.15) is 0 Å². The van der Waals surface area contributed by atoms with Crippen molar-refractivity contribution in [1.82, 2.24) is 4.90 Å². The maximum Gasteiger partial charge on any atom is 0.321 e. The van der Waals surface area contributed by atoms with E-state index in [0.717, 1.165) is 22.1 Å². The predicted molar refractivity (Wildman–Crippen MR) is 129 cm³/mol. The molecule has 2 heterocycles. The van der Waals surface area contributed by atoms with Gasteiger partial charge in [0.15, 0.2) is 5.66 Å². The van der Waals surface area contributed by atoms with Crippen molar-refractivity contribution < 1.29 is 9.53 Å². The Hall–Kier alpha value is -2.51. The van der Waals surface area contributed by atoms with Crippen molar-refractivity contribution in [2.24, 2.45) is 9.98 Å². The van der Waals surface area contributed by atoms with Crippen LogP contribution in [0.3, 0.4) is 0 Å². The molecule has 8 heteroatoms. The van der Waals surface area contributed by atoms with E-state index in [0.29, 0.717) is 42.4 Å². The van der Waals surface area contributed by atoms with Crippen molar-refractivity contribution in [1.29, 1.82) is 0 Å². The third-order valence-corrected chi connectivity index (χ3v) is 6.50. The molecule has 1 saturated heterocycles. The Morgan fingerprint density at radius 3 is 2.61 bits per heavy atom. The molecule has 1 N–H and O–H groups in total. The molecule has 2 aliphatic rings. The van der Waals surface area contributed by atoms with E-state index >= 15 is 0 Å². The number of hydrogen-bond acceptors (Lipinski definition) is 5. The van der Waals surface area contributed by atoms with Crippen molar-refractivity contribution in [3.8, 4) is 5.75 Å². The Bertz CT molecular complexity index is 1020. The first kappa shape index (κ1) is 21.7. The van der Waals surface area contributed by atoms with Crippen LogP contribution in [-0.4, -0.2) is 53.3 Å². The van der Waals surface area contributed by atoms with Gasteiger partial charge in [-0.1, -0.05) is 48.9 Å². The van der Waals surface area contributed by atoms with Crippen LogP contribution in [0.25, 0.3) is 0 Å². The van der Waals surface area contributed by atoms with Gasteiger partial charge in [0, 0.05) is 36.5 Å². The lowest BCUT2D eigenvalue weighted by molar-refractivity contribution is 0.175. The molecule has 2 aromatic carbocycles. The molecule has 0 aliphatic carbocycles. The number of amides is 2. The molecule has 162 valence electrons. The van der Waals surface area contributed by atoms with E-state index in [9.17, 15) is 4.79 Å². The highest BCUT2D eigenvalue weighted by Gasteiger charge is 2.40. The van der Waals surface area contributed by atoms with E-state index in [-0.39, 0.29) is 6.03 Å². The number of rotatable bonds is 4. The lowest BCUT2D eigenvalue weighted by Crippen LogP contribution is -2.46. The molecule has 1 spiro atoms. The van der Waals surface area contributed by atoms with E-state index in [2.05, 4.69) is 24.4 Å². The molecule has 0 aromatic heterocycles. The fourth-order valence-electron chi connectivity index (χ4n) is 3.81. The first-order chi connectivity index (χ1) is 15.0. The highest BCUT2D eigenvalue weighted by atomic mass is 35.5. The average Bonchev–Trinajstić information content (AvgIpc) is 3.13. The summed E-state index contributed by atoms with van der Waals surface area (Å²) in [7, 11) is 1.57. The van der Waals surface area contributed by atoms with Gasteiger partial charge < -0.3 is 15.0 Å². The molecule has 1 fully saturated rings. The van der Waals surface area contributed by atoms with Crippen LogP contribution in [0, 0.1) is 0 Å². The second kappa shape index (κ2) is 9.32. The topological polar surface area (TPSA) is 66.3 Å². The van der Waals surface area contributed by atoms with Gasteiger partial charge in [-0.15, -0.1) is 11.8 Å². The van der Waals surface area contributed by atoms with Gasteiger partial charge in [0.2, 0.25) is 0 Å². The summed E-state index contributed by atoms with van der Waals surface area (Å²) >= 11 is 7.80. The number of carbonyl (C=O) groups excluding carboxylic acids is 1. The second-order valence-corrected chi connectivity index (χ2v) is 9.11. The fraction of sp³-hybridized carbons (Fsp3) is 0.348. The standard InChI is InChI=1S/C23H25ClN4O2S/c1-3-31-21-20(16-7-5-4-6-8-16)26-23(27-21)11-13-28(14-12-23)22(29)25-18-15-17(24)9-10-19(18)30-2/h4-10,15H,3,11-14H2,1-2H3,(H,25,29). The SMILES string of the molecule is CCSC1=NC2(CCN(C(=O)Nc3cc(Cl)ccc3OC)CC2)N=C1c1ccccc1. The zero-order chi connectivity index (χ0) is 21.8. The van der Waals surface area contributed by atoms with Gasteiger partial charge in [-0.05, 0) is 24.0 Å². The monoisotopic (exact) mass is 456 g/mol. The molecule has 31 heavy (non-hydrogen) atoms. The van der Waals surface area contributed by atoms with Gasteiger partial charge in [0.05, 0.1) is 18.5 Å². The number of benzene rings is 2. The molecule has 2 aliphatic heterocycles. The number of likely N-dealkylation sites (tertiary alicyclic amines) is 1. The van der Waals surface area contributed by atoms with Crippen LogP contribution in [0.1, 0.15) is 25.3 Å². The normalized spacial score (nSPS) is 17.3. The Morgan fingerprint density at radius 1 is 1.19 bits per heavy atom. The summed E-state index contributed by atoms with van der Waals surface area (Å²) in [6.45, 7) is 3.28. The summed E-state index contributed by atoms with van der Waals surface area (Å²) in [5.41, 5.74) is 2.14. The van der Waals surface area contributed by atoms with Crippen LogP contribution in [0.2, 0.25) is 5.02 Å². The molecular weight excluding hydrogens is 432 g/mol. The zero-order valence-electron chi connectivity index (χ0n) is 17.6. The maximum atomic E-state index is 12.8. The molecular formula is C23H25ClN4O2S. The molecule has 0 unspecified atom stereocenters. The van der Waals surface area contributed by atoms with E-state index in [1.54, 1.807) is 42.0 Å². The number of ether oxygens (including phenoxy) is 1. The first-order valence-corrected chi connectivity index (χ1v) is 11.7. The Labute approximate surface area is 191 Å². The van der Waals surface area contributed by atoms with E-state index < -0.39 is 5.66 Å². The average molecular weight is 457 g/mol. The second-order valence-electron chi connectivity index (χ2n) is 7.42. The lowest BCUT2D eigenvalue weighted by Gasteiger charge is -2.35. The predicted octanol–water partition coefficient (Wildman–Crippen LogP) is 5.33. The van der Waals surface area contributed by atoms with E-state index in [4.69, 9.17) is 26.3 Å². The third-order valence-electron chi connectivity index (χ3n) is 5.41. The van der Waals surface area contributed by atoms with Gasteiger partial charge >= 0.3 is 6.03 Å². The largest absolute Gasteiger partial charge is 0.495 e. The van der Waals surface area contributed by atoms with Crippen molar-refractivity contribution in [2.75, 3.05) is 31.3 Å². The number of urea groups is 1. The molecule has 0 saturated carbocycles. The molecule has 6 nitrogen and oxygen atoms in total. The summed E-state index contributed by atoms with van der Waals surface area (Å²) in [6, 6.07) is 15.2. The van der Waals surface area contributed by atoms with Crippen LogP contribution in [-0.2, 0) is 0 Å². The molecule has 0 atom stereocenters. The minimum absolute atomic E-state index is 0.173. The van der Waals surface area contributed by atoms with Crippen LogP contribution < -0.4 is 10.1 Å². The van der Waals surface area contributed by atoms with E-state index in [1.165, 1.54) is 0 Å². The van der Waals surface area contributed by atoms with Crippen molar-refractivity contribution >= 4 is 45.8 Å². The maximum absolute atomic E-state index is 12.8. The van der Waals surface area contributed by atoms with Crippen molar-refractivity contribution in [3.05, 3.63) is 59.1 Å². The number of halogens is 1. The fourth-order valence-corrected chi connectivity index (χ4v) is 4.79. The molecule has 4 rings (SSSR count). The van der Waals surface area contributed by atoms with Gasteiger partial charge in [-0.25, -0.2) is 9.79 Å². The molecule has 0 radical (unpaired) electrons. The van der Waals surface area contributed by atoms with Gasteiger partial charge in [-0.3, -0.25) is 4.99 Å². The number of carbonyl (C=O) groups is 1. The summed E-state index contributed by atoms with van der Waals surface area (Å²) in [6.07, 6.45) is 1.38. The van der Waals surface area contributed by atoms with E-state index in [1.807, 2.05) is 18.2 Å². The van der Waals surface area contributed by atoms with Crippen molar-refractivity contribution in [3.63, 3.8) is 0 Å². The summed E-state index contributed by atoms with van der Waals surface area (Å²) in [5.74, 6) is 1.52. The highest BCUT2D eigenvalue weighted by Crippen LogP contribution is 2.36. The number of hydrogen-bond donors (Lipinski definition) is 1. The Morgan fingerprint density at radius 2 is 1.94 bits per heavy atom. The highest BCUT2D eigenvalue weighted by molar-refractivity contribution is 8.15. The zero-order valence-corrected chi connectivity index (χ0v) is 19.2. The molecule has 0 bridgehead atoms. The van der Waals surface area contributed by atoms with Crippen LogP contribution >= 0.6 is 23.4 Å². The minimum Gasteiger partial charge on any atom is -0.495 e. The number of anilines is 1. The number of thioether (sulfide) groups is 1. The lowest BCUT2D eigenvalue weighted by atomic mass is 9.98.